The molecule has 5 nitrogen and oxygen atoms in total. The minimum atomic E-state index is -3.65. The van der Waals surface area contributed by atoms with E-state index in [-0.39, 0.29) is 16.0 Å². The first kappa shape index (κ1) is 15.3. The Morgan fingerprint density at radius 3 is 2.90 bits per heavy atom. The molecule has 1 atom stereocenters. The number of rotatable bonds is 5. The Morgan fingerprint density at radius 1 is 1.50 bits per heavy atom. The first-order valence-electron chi connectivity index (χ1n) is 6.34. The molecular formula is C13H15ClN2O3S. The molecule has 0 radical (unpaired) electrons. The van der Waals surface area contributed by atoms with Gasteiger partial charge < -0.3 is 4.74 Å². The molecule has 1 aromatic rings. The maximum atomic E-state index is 12.1. The Balaban J connectivity index is 2.00. The van der Waals surface area contributed by atoms with Gasteiger partial charge >= 0.3 is 0 Å². The van der Waals surface area contributed by atoms with Gasteiger partial charge in [0.25, 0.3) is 0 Å². The third-order valence-electron chi connectivity index (χ3n) is 3.13. The Labute approximate surface area is 123 Å². The maximum Gasteiger partial charge on any atom is 0.242 e. The van der Waals surface area contributed by atoms with Crippen molar-refractivity contribution < 1.29 is 13.2 Å². The van der Waals surface area contributed by atoms with Crippen LogP contribution in [0.15, 0.2) is 23.1 Å². The highest BCUT2D eigenvalue weighted by Crippen LogP contribution is 2.22. The van der Waals surface area contributed by atoms with Gasteiger partial charge in [-0.05, 0) is 37.5 Å². The Bertz CT molecular complexity index is 619. The van der Waals surface area contributed by atoms with Gasteiger partial charge in [-0.3, -0.25) is 0 Å². The number of halogens is 1. The van der Waals surface area contributed by atoms with E-state index >= 15 is 0 Å². The Morgan fingerprint density at radius 2 is 2.30 bits per heavy atom. The number of hydrogen-bond donors (Lipinski definition) is 1. The zero-order valence-corrected chi connectivity index (χ0v) is 12.4. The minimum absolute atomic E-state index is 0.00879. The summed E-state index contributed by atoms with van der Waals surface area (Å²) < 4.78 is 32.2. The predicted octanol–water partition coefficient (Wildman–Crippen LogP) is 2.06. The lowest BCUT2D eigenvalue weighted by molar-refractivity contribution is 0.105. The molecular weight excluding hydrogens is 300 g/mol. The topological polar surface area (TPSA) is 79.2 Å². The zero-order chi connectivity index (χ0) is 14.6. The number of nitriles is 1. The summed E-state index contributed by atoms with van der Waals surface area (Å²) in [4.78, 5) is -0.00879. The molecule has 1 fully saturated rings. The average Bonchev–Trinajstić information content (AvgIpc) is 2.91. The lowest BCUT2D eigenvalue weighted by Gasteiger charge is -2.11. The van der Waals surface area contributed by atoms with E-state index in [1.807, 2.05) is 6.07 Å². The maximum absolute atomic E-state index is 12.1. The van der Waals surface area contributed by atoms with Gasteiger partial charge in [-0.25, -0.2) is 13.1 Å². The van der Waals surface area contributed by atoms with Gasteiger partial charge in [-0.1, -0.05) is 11.6 Å². The van der Waals surface area contributed by atoms with Gasteiger partial charge in [0, 0.05) is 13.2 Å². The number of hydrogen-bond acceptors (Lipinski definition) is 4. The van der Waals surface area contributed by atoms with Crippen LogP contribution in [-0.4, -0.2) is 27.7 Å². The van der Waals surface area contributed by atoms with E-state index in [2.05, 4.69) is 4.72 Å². The van der Waals surface area contributed by atoms with Crippen molar-refractivity contribution in [1.29, 1.82) is 5.26 Å². The second-order valence-electron chi connectivity index (χ2n) is 4.58. The van der Waals surface area contributed by atoms with Crippen molar-refractivity contribution in [1.82, 2.24) is 4.72 Å². The summed E-state index contributed by atoms with van der Waals surface area (Å²) in [6.45, 7) is 1.06. The summed E-state index contributed by atoms with van der Waals surface area (Å²) in [6, 6.07) is 6.03. The molecule has 0 aliphatic carbocycles. The predicted molar refractivity (Wildman–Crippen MR) is 74.9 cm³/mol. The smallest absolute Gasteiger partial charge is 0.242 e. The van der Waals surface area contributed by atoms with Crippen LogP contribution < -0.4 is 4.72 Å². The number of nitrogens with zero attached hydrogens (tertiary/aromatic N) is 1. The van der Waals surface area contributed by atoms with Gasteiger partial charge in [0.1, 0.15) is 4.90 Å². The molecule has 1 aliphatic heterocycles. The van der Waals surface area contributed by atoms with Crippen LogP contribution in [0.25, 0.3) is 0 Å². The van der Waals surface area contributed by atoms with Crippen LogP contribution in [0.4, 0.5) is 0 Å². The molecule has 1 saturated heterocycles. The number of benzene rings is 1. The highest BCUT2D eigenvalue weighted by atomic mass is 35.5. The zero-order valence-electron chi connectivity index (χ0n) is 10.8. The average molecular weight is 315 g/mol. The van der Waals surface area contributed by atoms with Gasteiger partial charge in [0.15, 0.2) is 0 Å². The molecule has 20 heavy (non-hydrogen) atoms. The molecule has 1 unspecified atom stereocenters. The van der Waals surface area contributed by atoms with Crippen LogP contribution in [0.1, 0.15) is 24.8 Å². The molecule has 7 heteroatoms. The Hall–Kier alpha value is -1.13. The highest BCUT2D eigenvalue weighted by molar-refractivity contribution is 7.89. The SMILES string of the molecule is N#Cc1ccc(S(=O)(=O)NCCC2CCCO2)c(Cl)c1. The van der Waals surface area contributed by atoms with Crippen molar-refractivity contribution in [2.45, 2.75) is 30.3 Å². The lowest BCUT2D eigenvalue weighted by Crippen LogP contribution is -2.27. The molecule has 2 rings (SSSR count). The van der Waals surface area contributed by atoms with Crippen molar-refractivity contribution >= 4 is 21.6 Å². The molecule has 0 amide bonds. The van der Waals surface area contributed by atoms with Crippen molar-refractivity contribution in [3.63, 3.8) is 0 Å². The second kappa shape index (κ2) is 6.55. The summed E-state index contributed by atoms with van der Waals surface area (Å²) in [5.41, 5.74) is 0.327. The minimum Gasteiger partial charge on any atom is -0.378 e. The first-order chi connectivity index (χ1) is 9.53. The normalized spacial score (nSPS) is 18.9. The third kappa shape index (κ3) is 3.70. The van der Waals surface area contributed by atoms with Gasteiger partial charge in [-0.2, -0.15) is 5.26 Å². The largest absolute Gasteiger partial charge is 0.378 e. The van der Waals surface area contributed by atoms with Crippen molar-refractivity contribution in [3.05, 3.63) is 28.8 Å². The summed E-state index contributed by atoms with van der Waals surface area (Å²) in [5, 5.41) is 8.78. The molecule has 0 aromatic heterocycles. The molecule has 0 spiro atoms. The standard InChI is InChI=1S/C13H15ClN2O3S/c14-12-8-10(9-15)3-4-13(12)20(17,18)16-6-5-11-2-1-7-19-11/h3-4,8,11,16H,1-2,5-7H2. The van der Waals surface area contributed by atoms with E-state index in [0.717, 1.165) is 19.4 Å². The van der Waals surface area contributed by atoms with Crippen LogP contribution in [0.3, 0.4) is 0 Å². The fourth-order valence-electron chi connectivity index (χ4n) is 2.09. The molecule has 1 N–H and O–H groups in total. The highest BCUT2D eigenvalue weighted by Gasteiger charge is 2.20. The van der Waals surface area contributed by atoms with E-state index in [4.69, 9.17) is 21.6 Å². The van der Waals surface area contributed by atoms with Crippen LogP contribution in [0, 0.1) is 11.3 Å². The fraction of sp³-hybridized carbons (Fsp3) is 0.462. The third-order valence-corrected chi connectivity index (χ3v) is 5.08. The van der Waals surface area contributed by atoms with E-state index in [1.54, 1.807) is 0 Å². The van der Waals surface area contributed by atoms with E-state index in [1.165, 1.54) is 18.2 Å². The van der Waals surface area contributed by atoms with Crippen molar-refractivity contribution in [3.8, 4) is 6.07 Å². The lowest BCUT2D eigenvalue weighted by atomic mass is 10.2. The molecule has 1 aromatic carbocycles. The van der Waals surface area contributed by atoms with Crippen LogP contribution >= 0.6 is 11.6 Å². The van der Waals surface area contributed by atoms with Crippen LogP contribution in [0.5, 0.6) is 0 Å². The number of sulfonamides is 1. The van der Waals surface area contributed by atoms with E-state index < -0.39 is 10.0 Å². The molecule has 108 valence electrons. The van der Waals surface area contributed by atoms with Crippen molar-refractivity contribution in [2.75, 3.05) is 13.2 Å². The van der Waals surface area contributed by atoms with Crippen LogP contribution in [0.2, 0.25) is 5.02 Å². The number of nitrogens with one attached hydrogen (secondary N) is 1. The summed E-state index contributed by atoms with van der Waals surface area (Å²) in [7, 11) is -3.65. The summed E-state index contributed by atoms with van der Waals surface area (Å²) >= 11 is 5.90. The van der Waals surface area contributed by atoms with E-state index in [9.17, 15) is 8.42 Å². The monoisotopic (exact) mass is 314 g/mol. The quantitative estimate of drug-likeness (QED) is 0.902. The van der Waals surface area contributed by atoms with Gasteiger partial charge in [0.05, 0.1) is 22.8 Å². The fourth-order valence-corrected chi connectivity index (χ4v) is 3.68. The van der Waals surface area contributed by atoms with Crippen molar-refractivity contribution in [2.24, 2.45) is 0 Å². The first-order valence-corrected chi connectivity index (χ1v) is 8.20. The molecule has 1 heterocycles. The second-order valence-corrected chi connectivity index (χ2v) is 6.72. The molecule has 0 bridgehead atoms. The number of ether oxygens (including phenoxy) is 1. The Kier molecular flexibility index (Phi) is 5.00. The summed E-state index contributed by atoms with van der Waals surface area (Å²) in [5.74, 6) is 0. The molecule has 0 saturated carbocycles. The summed E-state index contributed by atoms with van der Waals surface area (Å²) in [6.07, 6.45) is 2.78. The molecule has 1 aliphatic rings. The van der Waals surface area contributed by atoms with E-state index in [0.29, 0.717) is 18.5 Å². The van der Waals surface area contributed by atoms with Crippen LogP contribution in [-0.2, 0) is 14.8 Å². The van der Waals surface area contributed by atoms with Gasteiger partial charge in [0.2, 0.25) is 10.0 Å². The van der Waals surface area contributed by atoms with Gasteiger partial charge in [-0.15, -0.1) is 0 Å².